The lowest BCUT2D eigenvalue weighted by molar-refractivity contribution is -0.117. The molecule has 0 aromatic carbocycles. The first-order valence-corrected chi connectivity index (χ1v) is 12.8. The van der Waals surface area contributed by atoms with Crippen LogP contribution in [-0.2, 0) is 4.79 Å². The zero-order chi connectivity index (χ0) is 21.7. The fraction of sp³-hybridized carbons (Fsp3) is 0.759. The standard InChI is InChI=1S/C29H44O/c1-7-21(19(2)3)9-8-20(4)25-12-13-26-24-11-10-22-18-23(30)14-16-28(22,5)27(24)15-17-29(25,26)6/h8-9,18-19,21,24-27H,4,7,10-17H2,1-3,5-6H3/b9-8+/t21-,24?,25-,26?,27?,28+,29-/m1/s1. The molecular weight excluding hydrogens is 364 g/mol. The summed E-state index contributed by atoms with van der Waals surface area (Å²) in [5.41, 5.74) is 3.59. The van der Waals surface area contributed by atoms with Crippen LogP contribution in [0.3, 0.4) is 0 Å². The Balaban J connectivity index is 1.53. The Hall–Kier alpha value is -1.11. The monoisotopic (exact) mass is 408 g/mol. The molecular formula is C29H44O. The molecule has 4 aliphatic carbocycles. The van der Waals surface area contributed by atoms with E-state index >= 15 is 0 Å². The summed E-state index contributed by atoms with van der Waals surface area (Å²) in [6.07, 6.45) is 17.8. The summed E-state index contributed by atoms with van der Waals surface area (Å²) in [5, 5.41) is 0. The van der Waals surface area contributed by atoms with E-state index in [4.69, 9.17) is 0 Å². The van der Waals surface area contributed by atoms with E-state index in [1.54, 1.807) is 0 Å². The van der Waals surface area contributed by atoms with E-state index in [2.05, 4.69) is 53.3 Å². The van der Waals surface area contributed by atoms with Gasteiger partial charge in [-0.1, -0.05) is 64.5 Å². The van der Waals surface area contributed by atoms with Crippen molar-refractivity contribution in [3.63, 3.8) is 0 Å². The number of hydrogen-bond donors (Lipinski definition) is 0. The summed E-state index contributed by atoms with van der Waals surface area (Å²) in [6.45, 7) is 16.7. The summed E-state index contributed by atoms with van der Waals surface area (Å²) in [7, 11) is 0. The van der Waals surface area contributed by atoms with Gasteiger partial charge in [0.2, 0.25) is 0 Å². The maximum Gasteiger partial charge on any atom is 0.155 e. The van der Waals surface area contributed by atoms with Crippen LogP contribution < -0.4 is 0 Å². The normalized spacial score (nSPS) is 41.9. The lowest BCUT2D eigenvalue weighted by Gasteiger charge is -2.58. The smallest absolute Gasteiger partial charge is 0.155 e. The molecule has 0 radical (unpaired) electrons. The van der Waals surface area contributed by atoms with Crippen LogP contribution in [0.2, 0.25) is 0 Å². The highest BCUT2D eigenvalue weighted by Crippen LogP contribution is 2.67. The van der Waals surface area contributed by atoms with Crippen LogP contribution >= 0.6 is 0 Å². The number of allylic oxidation sites excluding steroid dienone is 4. The number of rotatable bonds is 5. The molecule has 1 heteroatoms. The third-order valence-electron chi connectivity index (χ3n) is 10.3. The summed E-state index contributed by atoms with van der Waals surface area (Å²) < 4.78 is 0. The van der Waals surface area contributed by atoms with Crippen molar-refractivity contribution >= 4 is 5.78 Å². The number of carbonyl (C=O) groups is 1. The van der Waals surface area contributed by atoms with E-state index in [1.807, 2.05) is 6.08 Å². The molecule has 0 amide bonds. The van der Waals surface area contributed by atoms with Gasteiger partial charge in [0.25, 0.3) is 0 Å². The van der Waals surface area contributed by atoms with Gasteiger partial charge in [0.05, 0.1) is 0 Å². The number of hydrogen-bond acceptors (Lipinski definition) is 1. The maximum atomic E-state index is 12.1. The molecule has 1 nitrogen and oxygen atoms in total. The fourth-order valence-corrected chi connectivity index (χ4v) is 8.36. The molecule has 30 heavy (non-hydrogen) atoms. The van der Waals surface area contributed by atoms with Gasteiger partial charge in [0.15, 0.2) is 5.78 Å². The Morgan fingerprint density at radius 1 is 1.13 bits per heavy atom. The van der Waals surface area contributed by atoms with E-state index in [9.17, 15) is 4.79 Å². The maximum absolute atomic E-state index is 12.1. The van der Waals surface area contributed by atoms with Gasteiger partial charge in [-0.25, -0.2) is 0 Å². The molecule has 3 fully saturated rings. The highest BCUT2D eigenvalue weighted by Gasteiger charge is 2.59. The molecule has 3 unspecified atom stereocenters. The Morgan fingerprint density at radius 3 is 2.60 bits per heavy atom. The minimum atomic E-state index is 0.290. The number of ketones is 1. The average Bonchev–Trinajstić information content (AvgIpc) is 3.06. The van der Waals surface area contributed by atoms with Crippen molar-refractivity contribution in [3.05, 3.63) is 36.0 Å². The SMILES string of the molecule is C=C(/C=C/[C@@H](CC)C(C)C)[C@H]1CCC2C3CCC4=CC(=O)CC[C@]4(C)C3CC[C@@]21C. The van der Waals surface area contributed by atoms with Crippen molar-refractivity contribution in [2.24, 2.45) is 46.3 Å². The molecule has 0 heterocycles. The molecule has 3 saturated carbocycles. The first kappa shape index (κ1) is 22.1. The van der Waals surface area contributed by atoms with Crippen molar-refractivity contribution in [1.29, 1.82) is 0 Å². The summed E-state index contributed by atoms with van der Waals surface area (Å²) >= 11 is 0. The third kappa shape index (κ3) is 3.49. The molecule has 4 aliphatic rings. The molecule has 0 aromatic heterocycles. The molecule has 0 spiro atoms. The van der Waals surface area contributed by atoms with Crippen LogP contribution in [0.1, 0.15) is 92.4 Å². The zero-order valence-corrected chi connectivity index (χ0v) is 20.2. The van der Waals surface area contributed by atoms with Crippen molar-refractivity contribution in [1.82, 2.24) is 0 Å². The van der Waals surface area contributed by atoms with Gasteiger partial charge >= 0.3 is 0 Å². The second-order valence-corrected chi connectivity index (χ2v) is 11.9. The van der Waals surface area contributed by atoms with E-state index in [0.29, 0.717) is 34.4 Å². The van der Waals surface area contributed by atoms with Gasteiger partial charge in [-0.05, 0) is 104 Å². The highest BCUT2D eigenvalue weighted by atomic mass is 16.1. The van der Waals surface area contributed by atoms with Crippen LogP contribution in [0.5, 0.6) is 0 Å². The molecule has 4 rings (SSSR count). The van der Waals surface area contributed by atoms with Gasteiger partial charge in [0, 0.05) is 6.42 Å². The topological polar surface area (TPSA) is 17.1 Å². The van der Waals surface area contributed by atoms with Crippen LogP contribution in [0.4, 0.5) is 0 Å². The van der Waals surface area contributed by atoms with E-state index in [1.165, 1.54) is 49.7 Å². The predicted molar refractivity (Wildman–Crippen MR) is 127 cm³/mol. The molecule has 0 aromatic rings. The summed E-state index contributed by atoms with van der Waals surface area (Å²) in [5.74, 6) is 4.87. The van der Waals surface area contributed by atoms with Crippen molar-refractivity contribution in [2.75, 3.05) is 0 Å². The minimum absolute atomic E-state index is 0.290. The largest absolute Gasteiger partial charge is 0.295 e. The second-order valence-electron chi connectivity index (χ2n) is 11.9. The first-order valence-electron chi connectivity index (χ1n) is 12.8. The van der Waals surface area contributed by atoms with E-state index < -0.39 is 0 Å². The van der Waals surface area contributed by atoms with Gasteiger partial charge < -0.3 is 0 Å². The highest BCUT2D eigenvalue weighted by molar-refractivity contribution is 5.91. The first-order chi connectivity index (χ1) is 14.2. The van der Waals surface area contributed by atoms with Crippen LogP contribution in [-0.4, -0.2) is 5.78 Å². The molecule has 0 saturated heterocycles. The number of fused-ring (bicyclic) bond motifs is 5. The Kier molecular flexibility index (Phi) is 5.97. The van der Waals surface area contributed by atoms with Crippen LogP contribution in [0, 0.1) is 46.3 Å². The Bertz CT molecular complexity index is 754. The second kappa shape index (κ2) is 8.10. The van der Waals surface area contributed by atoms with Crippen LogP contribution in [0.15, 0.2) is 36.0 Å². The molecule has 7 atom stereocenters. The quantitative estimate of drug-likeness (QED) is 0.422. The Morgan fingerprint density at radius 2 is 1.90 bits per heavy atom. The molecule has 0 N–H and O–H groups in total. The van der Waals surface area contributed by atoms with Gasteiger partial charge in [-0.2, -0.15) is 0 Å². The minimum Gasteiger partial charge on any atom is -0.295 e. The molecule has 0 bridgehead atoms. The summed E-state index contributed by atoms with van der Waals surface area (Å²) in [4.78, 5) is 12.1. The molecule has 166 valence electrons. The van der Waals surface area contributed by atoms with Crippen LogP contribution in [0.25, 0.3) is 0 Å². The van der Waals surface area contributed by atoms with Gasteiger partial charge in [-0.3, -0.25) is 4.79 Å². The molecule has 0 aliphatic heterocycles. The van der Waals surface area contributed by atoms with Gasteiger partial charge in [0.1, 0.15) is 0 Å². The average molecular weight is 409 g/mol. The van der Waals surface area contributed by atoms with Crippen molar-refractivity contribution in [3.8, 4) is 0 Å². The Labute approximate surface area is 185 Å². The fourth-order valence-electron chi connectivity index (χ4n) is 8.36. The van der Waals surface area contributed by atoms with Crippen molar-refractivity contribution in [2.45, 2.75) is 92.4 Å². The third-order valence-corrected chi connectivity index (χ3v) is 10.3. The zero-order valence-electron chi connectivity index (χ0n) is 20.2. The summed E-state index contributed by atoms with van der Waals surface area (Å²) in [6, 6.07) is 0. The van der Waals surface area contributed by atoms with Gasteiger partial charge in [-0.15, -0.1) is 0 Å². The predicted octanol–water partition coefficient (Wildman–Crippen LogP) is 7.93. The van der Waals surface area contributed by atoms with E-state index in [0.717, 1.165) is 37.0 Å². The van der Waals surface area contributed by atoms with Crippen molar-refractivity contribution < 1.29 is 4.79 Å². The van der Waals surface area contributed by atoms with E-state index in [-0.39, 0.29) is 0 Å². The number of carbonyl (C=O) groups excluding carboxylic acids is 1. The lowest BCUT2D eigenvalue weighted by Crippen LogP contribution is -2.50. The lowest BCUT2D eigenvalue weighted by atomic mass is 9.46.